The molecule has 37 heavy (non-hydrogen) atoms. The number of hydrogen-bond donors (Lipinski definition) is 1. The summed E-state index contributed by atoms with van der Waals surface area (Å²) >= 11 is 0. The van der Waals surface area contributed by atoms with Crippen LogP contribution in [-0.4, -0.2) is 39.1 Å². The SMILES string of the molecule is Cc1cnn(C(C)C)c1-c1nc(NCc2ccc(-c3nc(C(F)(F)F)cn3C)cc2)c2nn(C)cc2n1. The van der Waals surface area contributed by atoms with E-state index in [0.29, 0.717) is 34.8 Å². The Hall–Kier alpha value is -4.22. The van der Waals surface area contributed by atoms with Crippen LogP contribution in [0.2, 0.25) is 0 Å². The summed E-state index contributed by atoms with van der Waals surface area (Å²) in [5, 5.41) is 12.4. The minimum atomic E-state index is -4.49. The number of nitrogens with zero attached hydrogens (tertiary/aromatic N) is 8. The zero-order valence-electron chi connectivity index (χ0n) is 21.0. The van der Waals surface area contributed by atoms with Gasteiger partial charge in [-0.05, 0) is 31.9 Å². The van der Waals surface area contributed by atoms with Crippen molar-refractivity contribution in [1.82, 2.24) is 39.1 Å². The summed E-state index contributed by atoms with van der Waals surface area (Å²) in [5.41, 5.74) is 3.77. The van der Waals surface area contributed by atoms with Crippen LogP contribution < -0.4 is 5.32 Å². The molecule has 0 unspecified atom stereocenters. The third-order valence-electron chi connectivity index (χ3n) is 6.00. The van der Waals surface area contributed by atoms with E-state index in [9.17, 15) is 13.2 Å². The van der Waals surface area contributed by atoms with Crippen molar-refractivity contribution in [1.29, 1.82) is 0 Å². The largest absolute Gasteiger partial charge is 0.434 e. The fourth-order valence-corrected chi connectivity index (χ4v) is 4.20. The van der Waals surface area contributed by atoms with Crippen molar-refractivity contribution in [2.24, 2.45) is 14.1 Å². The molecule has 5 aromatic rings. The van der Waals surface area contributed by atoms with E-state index >= 15 is 0 Å². The molecule has 4 heterocycles. The Morgan fingerprint density at radius 2 is 1.73 bits per heavy atom. The van der Waals surface area contributed by atoms with E-state index < -0.39 is 11.9 Å². The minimum absolute atomic E-state index is 0.137. The molecule has 0 spiro atoms. The van der Waals surface area contributed by atoms with Gasteiger partial charge in [0.2, 0.25) is 0 Å². The van der Waals surface area contributed by atoms with Crippen LogP contribution in [0.15, 0.2) is 42.9 Å². The van der Waals surface area contributed by atoms with Gasteiger partial charge in [-0.3, -0.25) is 9.36 Å². The molecule has 0 saturated carbocycles. The minimum Gasteiger partial charge on any atom is -0.364 e. The van der Waals surface area contributed by atoms with E-state index in [1.807, 2.05) is 37.0 Å². The lowest BCUT2D eigenvalue weighted by Crippen LogP contribution is -2.09. The van der Waals surface area contributed by atoms with E-state index in [0.717, 1.165) is 23.0 Å². The molecule has 0 amide bonds. The first-order valence-electron chi connectivity index (χ1n) is 11.7. The van der Waals surface area contributed by atoms with Crippen LogP contribution in [0.25, 0.3) is 33.9 Å². The molecule has 0 fully saturated rings. The van der Waals surface area contributed by atoms with Crippen LogP contribution in [-0.2, 0) is 26.8 Å². The fourth-order valence-electron chi connectivity index (χ4n) is 4.20. The monoisotopic (exact) mass is 509 g/mol. The van der Waals surface area contributed by atoms with Crippen molar-refractivity contribution >= 4 is 16.9 Å². The lowest BCUT2D eigenvalue weighted by molar-refractivity contribution is -0.140. The van der Waals surface area contributed by atoms with Crippen molar-refractivity contribution in [2.45, 2.75) is 39.5 Å². The zero-order chi connectivity index (χ0) is 26.5. The summed E-state index contributed by atoms with van der Waals surface area (Å²) in [6.45, 7) is 6.51. The van der Waals surface area contributed by atoms with Gasteiger partial charge in [-0.25, -0.2) is 15.0 Å². The van der Waals surface area contributed by atoms with Crippen molar-refractivity contribution in [3.8, 4) is 22.9 Å². The Kier molecular flexibility index (Phi) is 5.97. The predicted molar refractivity (Wildman–Crippen MR) is 134 cm³/mol. The summed E-state index contributed by atoms with van der Waals surface area (Å²) < 4.78 is 44.1. The molecular weight excluding hydrogens is 483 g/mol. The van der Waals surface area contributed by atoms with Crippen LogP contribution in [0.1, 0.15) is 36.7 Å². The first-order valence-corrected chi connectivity index (χ1v) is 11.7. The average molecular weight is 510 g/mol. The second kappa shape index (κ2) is 9.02. The molecule has 1 N–H and O–H groups in total. The van der Waals surface area contributed by atoms with Crippen LogP contribution in [0.3, 0.4) is 0 Å². The Bertz CT molecular complexity index is 1570. The number of alkyl halides is 3. The summed E-state index contributed by atoms with van der Waals surface area (Å²) in [4.78, 5) is 13.3. The summed E-state index contributed by atoms with van der Waals surface area (Å²) in [6.07, 6.45) is 0.148. The molecule has 0 bridgehead atoms. The van der Waals surface area contributed by atoms with E-state index in [4.69, 9.17) is 9.97 Å². The maximum absolute atomic E-state index is 13.0. The maximum atomic E-state index is 13.0. The first kappa shape index (κ1) is 24.5. The quantitative estimate of drug-likeness (QED) is 0.341. The van der Waals surface area contributed by atoms with E-state index in [-0.39, 0.29) is 11.9 Å². The maximum Gasteiger partial charge on any atom is 0.434 e. The van der Waals surface area contributed by atoms with Gasteiger partial charge in [0.15, 0.2) is 22.9 Å². The van der Waals surface area contributed by atoms with Crippen LogP contribution in [0.5, 0.6) is 0 Å². The van der Waals surface area contributed by atoms with Gasteiger partial charge in [0, 0.05) is 38.4 Å². The molecule has 0 aliphatic rings. The number of anilines is 1. The lowest BCUT2D eigenvalue weighted by atomic mass is 10.1. The van der Waals surface area contributed by atoms with Crippen molar-refractivity contribution in [3.63, 3.8) is 0 Å². The highest BCUT2D eigenvalue weighted by molar-refractivity contribution is 5.86. The molecular formula is C25H26F3N9. The number of nitrogens with one attached hydrogen (secondary N) is 1. The first-order chi connectivity index (χ1) is 17.5. The van der Waals surface area contributed by atoms with Gasteiger partial charge in [0.05, 0.1) is 12.4 Å². The Labute approximate surface area is 211 Å². The number of halogens is 3. The molecule has 9 nitrogen and oxygen atoms in total. The van der Waals surface area contributed by atoms with Gasteiger partial charge in [0.1, 0.15) is 17.0 Å². The number of imidazole rings is 1. The van der Waals surface area contributed by atoms with Gasteiger partial charge < -0.3 is 9.88 Å². The summed E-state index contributed by atoms with van der Waals surface area (Å²) in [5.74, 6) is 1.39. The molecule has 0 aliphatic carbocycles. The summed E-state index contributed by atoms with van der Waals surface area (Å²) in [6, 6.07) is 7.34. The van der Waals surface area contributed by atoms with Crippen LogP contribution in [0, 0.1) is 6.92 Å². The highest BCUT2D eigenvalue weighted by Gasteiger charge is 2.34. The number of aryl methyl sites for hydroxylation is 3. The third kappa shape index (κ3) is 4.66. The number of fused-ring (bicyclic) bond motifs is 1. The second-order valence-electron chi connectivity index (χ2n) is 9.26. The molecule has 0 atom stereocenters. The fraction of sp³-hybridized carbons (Fsp3) is 0.320. The number of rotatable bonds is 6. The van der Waals surface area contributed by atoms with E-state index in [1.165, 1.54) is 4.57 Å². The topological polar surface area (TPSA) is 91.3 Å². The molecule has 4 aromatic heterocycles. The molecule has 1 aromatic carbocycles. The zero-order valence-corrected chi connectivity index (χ0v) is 21.0. The number of hydrogen-bond acceptors (Lipinski definition) is 6. The van der Waals surface area contributed by atoms with Crippen LogP contribution in [0.4, 0.5) is 19.0 Å². The molecule has 0 aliphatic heterocycles. The normalized spacial score (nSPS) is 12.1. The smallest absolute Gasteiger partial charge is 0.364 e. The summed E-state index contributed by atoms with van der Waals surface area (Å²) in [7, 11) is 3.38. The van der Waals surface area contributed by atoms with Crippen molar-refractivity contribution in [3.05, 3.63) is 59.7 Å². The average Bonchev–Trinajstić information content (AvgIpc) is 3.53. The van der Waals surface area contributed by atoms with Gasteiger partial charge >= 0.3 is 6.18 Å². The van der Waals surface area contributed by atoms with Gasteiger partial charge in [-0.1, -0.05) is 24.3 Å². The molecule has 0 radical (unpaired) electrons. The van der Waals surface area contributed by atoms with E-state index in [2.05, 4.69) is 34.3 Å². The Morgan fingerprint density at radius 3 is 2.38 bits per heavy atom. The number of aromatic nitrogens is 8. The van der Waals surface area contributed by atoms with Crippen LogP contribution >= 0.6 is 0 Å². The van der Waals surface area contributed by atoms with Gasteiger partial charge in [0.25, 0.3) is 0 Å². The van der Waals surface area contributed by atoms with Crippen molar-refractivity contribution in [2.75, 3.05) is 5.32 Å². The lowest BCUT2D eigenvalue weighted by Gasteiger charge is -2.13. The highest BCUT2D eigenvalue weighted by Crippen LogP contribution is 2.31. The van der Waals surface area contributed by atoms with E-state index in [1.54, 1.807) is 30.1 Å². The predicted octanol–water partition coefficient (Wildman–Crippen LogP) is 5.15. The van der Waals surface area contributed by atoms with Gasteiger partial charge in [-0.2, -0.15) is 23.4 Å². The molecule has 5 rings (SSSR count). The molecule has 12 heteroatoms. The standard InChI is InChI=1S/C25H26F3N9/c1-14(2)37-21(15(3)10-30-37)23-31-18-12-36(5)34-20(18)22(33-23)29-11-16-6-8-17(9-7-16)24-32-19(13-35(24)4)25(26,27)28/h6-10,12-14H,11H2,1-5H3,(H,29,31,33). The molecule has 192 valence electrons. The Morgan fingerprint density at radius 1 is 1.00 bits per heavy atom. The number of benzene rings is 1. The van der Waals surface area contributed by atoms with Gasteiger partial charge in [-0.15, -0.1) is 0 Å². The third-order valence-corrected chi connectivity index (χ3v) is 6.00. The Balaban J connectivity index is 1.43. The molecule has 0 saturated heterocycles. The second-order valence-corrected chi connectivity index (χ2v) is 9.26. The highest BCUT2D eigenvalue weighted by atomic mass is 19.4. The van der Waals surface area contributed by atoms with Crippen molar-refractivity contribution < 1.29 is 13.2 Å².